The summed E-state index contributed by atoms with van der Waals surface area (Å²) in [7, 11) is 1.57. The van der Waals surface area contributed by atoms with Gasteiger partial charge in [-0.15, -0.1) is 0 Å². The molecule has 0 amide bonds. The maximum atomic E-state index is 8.92. The van der Waals surface area contributed by atoms with Gasteiger partial charge in [0.25, 0.3) is 0 Å². The summed E-state index contributed by atoms with van der Waals surface area (Å²) >= 11 is 6.02. The van der Waals surface area contributed by atoms with Gasteiger partial charge in [-0.1, -0.05) is 24.9 Å². The minimum Gasteiger partial charge on any atom is -0.378 e. The van der Waals surface area contributed by atoms with Crippen molar-refractivity contribution in [1.82, 2.24) is 9.78 Å². The highest BCUT2D eigenvalue weighted by Gasteiger charge is 2.15. The molecule has 0 unspecified atom stereocenters. The second-order valence-corrected chi connectivity index (χ2v) is 3.59. The molecule has 5 heteroatoms. The summed E-state index contributed by atoms with van der Waals surface area (Å²) in [6.45, 7) is 3.16. The standard InChI is InChI=1S/C10H14ClN3O/c1-3-4-5-14-10(11)8(6-12)9(13-14)7-15-2/h3-5,7H2,1-2H3. The lowest BCUT2D eigenvalue weighted by Gasteiger charge is -1.99. The van der Waals surface area contributed by atoms with Gasteiger partial charge in [-0.3, -0.25) is 4.68 Å². The predicted molar refractivity (Wildman–Crippen MR) is 57.6 cm³/mol. The highest BCUT2D eigenvalue weighted by atomic mass is 35.5. The molecule has 0 saturated carbocycles. The number of rotatable bonds is 5. The van der Waals surface area contributed by atoms with Gasteiger partial charge in [0.1, 0.15) is 22.5 Å². The number of hydrogen-bond donors (Lipinski definition) is 0. The maximum absolute atomic E-state index is 8.92. The molecule has 0 aliphatic heterocycles. The molecule has 0 fully saturated rings. The van der Waals surface area contributed by atoms with Crippen molar-refractivity contribution < 1.29 is 4.74 Å². The smallest absolute Gasteiger partial charge is 0.145 e. The van der Waals surface area contributed by atoms with Gasteiger partial charge in [0, 0.05) is 13.7 Å². The van der Waals surface area contributed by atoms with E-state index in [0.717, 1.165) is 19.4 Å². The summed E-state index contributed by atoms with van der Waals surface area (Å²) in [5.74, 6) is 0. The number of aromatic nitrogens is 2. The number of hydrogen-bond acceptors (Lipinski definition) is 3. The number of aryl methyl sites for hydroxylation is 1. The Balaban J connectivity index is 2.94. The SMILES string of the molecule is CCCCn1nc(COC)c(C#N)c1Cl. The lowest BCUT2D eigenvalue weighted by molar-refractivity contribution is 0.180. The van der Waals surface area contributed by atoms with Crippen LogP contribution in [0.5, 0.6) is 0 Å². The molecular weight excluding hydrogens is 214 g/mol. The van der Waals surface area contributed by atoms with Crippen molar-refractivity contribution >= 4 is 11.6 Å². The van der Waals surface area contributed by atoms with E-state index < -0.39 is 0 Å². The van der Waals surface area contributed by atoms with Gasteiger partial charge in [0.15, 0.2) is 0 Å². The molecule has 0 spiro atoms. The molecule has 1 aromatic rings. The third kappa shape index (κ3) is 2.71. The highest BCUT2D eigenvalue weighted by molar-refractivity contribution is 6.30. The monoisotopic (exact) mass is 227 g/mol. The Morgan fingerprint density at radius 1 is 1.60 bits per heavy atom. The summed E-state index contributed by atoms with van der Waals surface area (Å²) in [4.78, 5) is 0. The molecule has 0 aliphatic rings. The number of halogens is 1. The van der Waals surface area contributed by atoms with Crippen molar-refractivity contribution in [3.05, 3.63) is 16.4 Å². The Labute approximate surface area is 94.4 Å². The average molecular weight is 228 g/mol. The molecule has 15 heavy (non-hydrogen) atoms. The number of unbranched alkanes of at least 4 members (excludes halogenated alkanes) is 1. The molecule has 82 valence electrons. The van der Waals surface area contributed by atoms with Crippen LogP contribution in [0.2, 0.25) is 5.15 Å². The minimum absolute atomic E-state index is 0.321. The van der Waals surface area contributed by atoms with Crippen molar-refractivity contribution in [3.8, 4) is 6.07 Å². The van der Waals surface area contributed by atoms with E-state index in [1.54, 1.807) is 11.8 Å². The van der Waals surface area contributed by atoms with Crippen LogP contribution in [-0.4, -0.2) is 16.9 Å². The topological polar surface area (TPSA) is 50.8 Å². The van der Waals surface area contributed by atoms with Gasteiger partial charge >= 0.3 is 0 Å². The van der Waals surface area contributed by atoms with Gasteiger partial charge in [-0.2, -0.15) is 10.4 Å². The lowest BCUT2D eigenvalue weighted by Crippen LogP contribution is -2.00. The van der Waals surface area contributed by atoms with Gasteiger partial charge < -0.3 is 4.74 Å². The van der Waals surface area contributed by atoms with Gasteiger partial charge in [-0.05, 0) is 6.42 Å². The van der Waals surface area contributed by atoms with Crippen LogP contribution in [0, 0.1) is 11.3 Å². The first-order valence-electron chi connectivity index (χ1n) is 4.88. The Kier molecular flexibility index (Phi) is 4.60. The second kappa shape index (κ2) is 5.74. The van der Waals surface area contributed by atoms with E-state index in [9.17, 15) is 0 Å². The first-order chi connectivity index (χ1) is 7.24. The quantitative estimate of drug-likeness (QED) is 0.776. The normalized spacial score (nSPS) is 10.3. The number of methoxy groups -OCH3 is 1. The summed E-state index contributed by atoms with van der Waals surface area (Å²) in [5, 5.41) is 13.6. The van der Waals surface area contributed by atoms with Crippen LogP contribution in [0.4, 0.5) is 0 Å². The highest BCUT2D eigenvalue weighted by Crippen LogP contribution is 2.20. The number of ether oxygens (including phenoxy) is 1. The van der Waals surface area contributed by atoms with Crippen LogP contribution in [0.25, 0.3) is 0 Å². The maximum Gasteiger partial charge on any atom is 0.145 e. The van der Waals surface area contributed by atoms with Crippen LogP contribution in [0.15, 0.2) is 0 Å². The predicted octanol–water partition coefficient (Wildman–Crippen LogP) is 2.35. The fraction of sp³-hybridized carbons (Fsp3) is 0.600. The van der Waals surface area contributed by atoms with E-state index in [1.807, 2.05) is 0 Å². The van der Waals surface area contributed by atoms with E-state index in [0.29, 0.717) is 23.0 Å². The Bertz CT molecular complexity index is 367. The third-order valence-electron chi connectivity index (χ3n) is 2.08. The van der Waals surface area contributed by atoms with Crippen molar-refractivity contribution in [3.63, 3.8) is 0 Å². The summed E-state index contributed by atoms with van der Waals surface area (Å²) in [6.07, 6.45) is 2.07. The van der Waals surface area contributed by atoms with Crippen LogP contribution in [0.1, 0.15) is 31.0 Å². The number of nitrogens with zero attached hydrogens (tertiary/aromatic N) is 3. The molecule has 0 aliphatic carbocycles. The Hall–Kier alpha value is -1.05. The molecule has 0 radical (unpaired) electrons. The fourth-order valence-electron chi connectivity index (χ4n) is 1.29. The molecule has 0 aromatic carbocycles. The number of nitriles is 1. The zero-order chi connectivity index (χ0) is 11.3. The van der Waals surface area contributed by atoms with E-state index >= 15 is 0 Å². The lowest BCUT2D eigenvalue weighted by atomic mass is 10.3. The third-order valence-corrected chi connectivity index (χ3v) is 2.46. The van der Waals surface area contributed by atoms with Crippen molar-refractivity contribution in [2.75, 3.05) is 7.11 Å². The Morgan fingerprint density at radius 3 is 2.87 bits per heavy atom. The van der Waals surface area contributed by atoms with Gasteiger partial charge in [0.2, 0.25) is 0 Å². The van der Waals surface area contributed by atoms with Gasteiger partial charge in [0.05, 0.1) is 6.61 Å². The first kappa shape index (κ1) is 12.0. The second-order valence-electron chi connectivity index (χ2n) is 3.23. The minimum atomic E-state index is 0.321. The molecule has 1 heterocycles. The summed E-state index contributed by atoms with van der Waals surface area (Å²) in [6, 6.07) is 2.05. The molecule has 0 N–H and O–H groups in total. The zero-order valence-corrected chi connectivity index (χ0v) is 9.71. The van der Waals surface area contributed by atoms with Crippen LogP contribution in [0.3, 0.4) is 0 Å². The first-order valence-corrected chi connectivity index (χ1v) is 5.26. The molecule has 1 aromatic heterocycles. The van der Waals surface area contributed by atoms with E-state index in [4.69, 9.17) is 21.6 Å². The summed E-state index contributed by atoms with van der Waals surface area (Å²) < 4.78 is 6.62. The van der Waals surface area contributed by atoms with Crippen molar-refractivity contribution in [2.45, 2.75) is 32.9 Å². The fourth-order valence-corrected chi connectivity index (χ4v) is 1.57. The molecule has 0 saturated heterocycles. The summed E-state index contributed by atoms with van der Waals surface area (Å²) in [5.41, 5.74) is 1.04. The Morgan fingerprint density at radius 2 is 2.33 bits per heavy atom. The van der Waals surface area contributed by atoms with Gasteiger partial charge in [-0.25, -0.2) is 0 Å². The average Bonchev–Trinajstić information content (AvgIpc) is 2.52. The molecular formula is C10H14ClN3O. The van der Waals surface area contributed by atoms with E-state index in [-0.39, 0.29) is 0 Å². The van der Waals surface area contributed by atoms with Crippen LogP contribution >= 0.6 is 11.6 Å². The van der Waals surface area contributed by atoms with E-state index in [1.165, 1.54) is 0 Å². The van der Waals surface area contributed by atoms with Crippen molar-refractivity contribution in [2.24, 2.45) is 0 Å². The molecule has 0 bridgehead atoms. The molecule has 4 nitrogen and oxygen atoms in total. The largest absolute Gasteiger partial charge is 0.378 e. The van der Waals surface area contributed by atoms with Crippen molar-refractivity contribution in [1.29, 1.82) is 5.26 Å². The van der Waals surface area contributed by atoms with E-state index in [2.05, 4.69) is 18.1 Å². The molecule has 1 rings (SSSR count). The van der Waals surface area contributed by atoms with Crippen LogP contribution < -0.4 is 0 Å². The zero-order valence-electron chi connectivity index (χ0n) is 8.96. The molecule has 0 atom stereocenters. The van der Waals surface area contributed by atoms with Crippen LogP contribution in [-0.2, 0) is 17.9 Å².